The van der Waals surface area contributed by atoms with E-state index in [4.69, 9.17) is 0 Å². The van der Waals surface area contributed by atoms with E-state index in [9.17, 15) is 0 Å². The third-order valence-electron chi connectivity index (χ3n) is 2.80. The van der Waals surface area contributed by atoms with Crippen molar-refractivity contribution in [2.75, 3.05) is 7.05 Å². The minimum atomic E-state index is 0.486. The van der Waals surface area contributed by atoms with Gasteiger partial charge in [-0.15, -0.1) is 11.3 Å². The van der Waals surface area contributed by atoms with Gasteiger partial charge in [0.05, 0.1) is 0 Å². The van der Waals surface area contributed by atoms with Gasteiger partial charge in [-0.05, 0) is 36.9 Å². The fraction of sp³-hybridized carbons (Fsp3) is 0.286. The van der Waals surface area contributed by atoms with Gasteiger partial charge in [-0.2, -0.15) is 0 Å². The summed E-state index contributed by atoms with van der Waals surface area (Å²) in [5.41, 5.74) is 1.42. The van der Waals surface area contributed by atoms with E-state index >= 15 is 0 Å². The summed E-state index contributed by atoms with van der Waals surface area (Å²) in [4.78, 5) is 1.43. The highest BCUT2D eigenvalue weighted by atomic mass is 32.1. The second-order valence-electron chi connectivity index (χ2n) is 3.88. The van der Waals surface area contributed by atoms with Crippen molar-refractivity contribution in [3.05, 3.63) is 58.3 Å². The smallest absolute Gasteiger partial charge is 0.0415 e. The molecule has 0 bridgehead atoms. The zero-order valence-corrected chi connectivity index (χ0v) is 10.3. The van der Waals surface area contributed by atoms with Gasteiger partial charge in [0, 0.05) is 10.9 Å². The molecule has 0 fully saturated rings. The monoisotopic (exact) mass is 231 g/mol. The van der Waals surface area contributed by atoms with Crippen LogP contribution in [0.5, 0.6) is 0 Å². The van der Waals surface area contributed by atoms with Crippen molar-refractivity contribution >= 4 is 11.3 Å². The molecule has 1 unspecified atom stereocenters. The van der Waals surface area contributed by atoms with Crippen LogP contribution >= 0.6 is 11.3 Å². The van der Waals surface area contributed by atoms with E-state index in [1.165, 1.54) is 10.4 Å². The minimum Gasteiger partial charge on any atom is -0.312 e. The first kappa shape index (κ1) is 11.4. The lowest BCUT2D eigenvalue weighted by atomic mass is 10.0. The number of hydrogen-bond donors (Lipinski definition) is 1. The first-order chi connectivity index (χ1) is 7.90. The molecule has 2 heteroatoms. The minimum absolute atomic E-state index is 0.486. The Bertz CT molecular complexity index is 394. The summed E-state index contributed by atoms with van der Waals surface area (Å²) in [6.45, 7) is 0. The molecule has 0 amide bonds. The number of nitrogens with one attached hydrogen (secondary N) is 1. The maximum atomic E-state index is 3.39. The van der Waals surface area contributed by atoms with Crippen molar-refractivity contribution < 1.29 is 0 Å². The maximum absolute atomic E-state index is 3.39. The Hall–Kier alpha value is -1.12. The van der Waals surface area contributed by atoms with Crippen molar-refractivity contribution in [1.82, 2.24) is 5.32 Å². The van der Waals surface area contributed by atoms with E-state index in [2.05, 4.69) is 53.2 Å². The third kappa shape index (κ3) is 2.94. The summed E-state index contributed by atoms with van der Waals surface area (Å²) in [5.74, 6) is 0. The molecule has 2 rings (SSSR count). The second-order valence-corrected chi connectivity index (χ2v) is 4.86. The fourth-order valence-corrected chi connectivity index (χ4v) is 2.75. The number of rotatable bonds is 5. The summed E-state index contributed by atoms with van der Waals surface area (Å²) in [7, 11) is 2.04. The normalized spacial score (nSPS) is 12.6. The summed E-state index contributed by atoms with van der Waals surface area (Å²) in [5, 5.41) is 5.53. The van der Waals surface area contributed by atoms with Crippen LogP contribution in [0.3, 0.4) is 0 Å². The lowest BCUT2D eigenvalue weighted by Gasteiger charge is -2.14. The van der Waals surface area contributed by atoms with Crippen LogP contribution in [-0.2, 0) is 6.42 Å². The molecule has 0 saturated heterocycles. The number of aryl methyl sites for hydroxylation is 1. The second kappa shape index (κ2) is 5.83. The van der Waals surface area contributed by atoms with E-state index in [1.54, 1.807) is 0 Å². The lowest BCUT2D eigenvalue weighted by molar-refractivity contribution is 0.558. The van der Waals surface area contributed by atoms with Crippen molar-refractivity contribution in [3.63, 3.8) is 0 Å². The first-order valence-corrected chi connectivity index (χ1v) is 6.52. The molecule has 16 heavy (non-hydrogen) atoms. The maximum Gasteiger partial charge on any atom is 0.0415 e. The van der Waals surface area contributed by atoms with Crippen LogP contribution in [0.15, 0.2) is 47.8 Å². The molecule has 0 spiro atoms. The van der Waals surface area contributed by atoms with Gasteiger partial charge in [0.15, 0.2) is 0 Å². The van der Waals surface area contributed by atoms with Gasteiger partial charge >= 0.3 is 0 Å². The molecule has 1 N–H and O–H groups in total. The molecule has 0 aliphatic carbocycles. The third-order valence-corrected chi connectivity index (χ3v) is 3.79. The predicted octanol–water partition coefficient (Wildman–Crippen LogP) is 3.64. The highest BCUT2D eigenvalue weighted by Crippen LogP contribution is 2.23. The summed E-state index contributed by atoms with van der Waals surface area (Å²) >= 11 is 1.83. The highest BCUT2D eigenvalue weighted by Gasteiger charge is 2.09. The molecule has 0 radical (unpaired) electrons. The Kier molecular flexibility index (Phi) is 4.14. The molecule has 2 aromatic rings. The molecule has 0 aliphatic heterocycles. The van der Waals surface area contributed by atoms with Gasteiger partial charge < -0.3 is 5.32 Å². The molecular formula is C14H17NS. The van der Waals surface area contributed by atoms with Crippen molar-refractivity contribution in [2.24, 2.45) is 0 Å². The van der Waals surface area contributed by atoms with Crippen molar-refractivity contribution in [1.29, 1.82) is 0 Å². The standard InChI is InChI=1S/C14H17NS/c1-15-13(14-8-5-11-16-14)10-9-12-6-3-2-4-7-12/h2-8,11,13,15H,9-10H2,1H3. The van der Waals surface area contributed by atoms with Gasteiger partial charge in [-0.3, -0.25) is 0 Å². The first-order valence-electron chi connectivity index (χ1n) is 5.65. The van der Waals surface area contributed by atoms with Gasteiger partial charge in [-0.25, -0.2) is 0 Å². The molecule has 1 atom stereocenters. The zero-order chi connectivity index (χ0) is 11.2. The number of benzene rings is 1. The molecular weight excluding hydrogens is 214 g/mol. The Morgan fingerprint density at radius 3 is 2.56 bits per heavy atom. The van der Waals surface area contributed by atoms with Crippen LogP contribution in [0.4, 0.5) is 0 Å². The van der Waals surface area contributed by atoms with Crippen LogP contribution in [0.25, 0.3) is 0 Å². The predicted molar refractivity (Wildman–Crippen MR) is 70.9 cm³/mol. The molecule has 1 heterocycles. The van der Waals surface area contributed by atoms with E-state index in [0.29, 0.717) is 6.04 Å². The average molecular weight is 231 g/mol. The molecule has 1 nitrogen and oxygen atoms in total. The van der Waals surface area contributed by atoms with Crippen molar-refractivity contribution in [3.8, 4) is 0 Å². The Balaban J connectivity index is 1.94. The highest BCUT2D eigenvalue weighted by molar-refractivity contribution is 7.10. The molecule has 0 aliphatic rings. The molecule has 0 saturated carbocycles. The largest absolute Gasteiger partial charge is 0.312 e. The quantitative estimate of drug-likeness (QED) is 0.828. The van der Waals surface area contributed by atoms with Crippen LogP contribution in [0.1, 0.15) is 22.9 Å². The van der Waals surface area contributed by atoms with Crippen LogP contribution in [0.2, 0.25) is 0 Å². The SMILES string of the molecule is CNC(CCc1ccccc1)c1cccs1. The fourth-order valence-electron chi connectivity index (χ4n) is 1.87. The van der Waals surface area contributed by atoms with Gasteiger partial charge in [-0.1, -0.05) is 36.4 Å². The summed E-state index contributed by atoms with van der Waals surface area (Å²) in [6, 6.07) is 15.5. The van der Waals surface area contributed by atoms with Crippen LogP contribution in [-0.4, -0.2) is 7.05 Å². The summed E-state index contributed by atoms with van der Waals surface area (Å²) in [6.07, 6.45) is 2.28. The van der Waals surface area contributed by atoms with Crippen molar-refractivity contribution in [2.45, 2.75) is 18.9 Å². The van der Waals surface area contributed by atoms with Crippen LogP contribution in [0, 0.1) is 0 Å². The van der Waals surface area contributed by atoms with Gasteiger partial charge in [0.2, 0.25) is 0 Å². The zero-order valence-electron chi connectivity index (χ0n) is 9.52. The van der Waals surface area contributed by atoms with Gasteiger partial charge in [0.1, 0.15) is 0 Å². The Labute approximate surface area is 101 Å². The van der Waals surface area contributed by atoms with Gasteiger partial charge in [0.25, 0.3) is 0 Å². The van der Waals surface area contributed by atoms with Crippen LogP contribution < -0.4 is 5.32 Å². The van der Waals surface area contributed by atoms with E-state index in [0.717, 1.165) is 12.8 Å². The van der Waals surface area contributed by atoms with E-state index in [-0.39, 0.29) is 0 Å². The number of hydrogen-bond acceptors (Lipinski definition) is 2. The molecule has 84 valence electrons. The molecule has 1 aromatic carbocycles. The Morgan fingerprint density at radius 1 is 1.12 bits per heavy atom. The molecule has 1 aromatic heterocycles. The topological polar surface area (TPSA) is 12.0 Å². The average Bonchev–Trinajstić information content (AvgIpc) is 2.85. The van der Waals surface area contributed by atoms with E-state index < -0.39 is 0 Å². The summed E-state index contributed by atoms with van der Waals surface area (Å²) < 4.78 is 0. The van der Waals surface area contributed by atoms with E-state index in [1.807, 2.05) is 18.4 Å². The Morgan fingerprint density at radius 2 is 1.94 bits per heavy atom. The number of thiophene rings is 1. The lowest BCUT2D eigenvalue weighted by Crippen LogP contribution is -2.15.